The average molecular weight is 473 g/mol. The highest BCUT2D eigenvalue weighted by Gasteiger charge is 2.36. The van der Waals surface area contributed by atoms with E-state index in [1.165, 1.54) is 21.9 Å². The Morgan fingerprint density at radius 3 is 2.47 bits per heavy atom. The van der Waals surface area contributed by atoms with Crippen molar-refractivity contribution >= 4 is 27.7 Å². The second kappa shape index (κ2) is 9.30. The molecule has 1 aromatic heterocycles. The monoisotopic (exact) mass is 472 g/mol. The van der Waals surface area contributed by atoms with E-state index in [-0.39, 0.29) is 16.2 Å². The Kier molecular flexibility index (Phi) is 6.48. The summed E-state index contributed by atoms with van der Waals surface area (Å²) in [5, 5.41) is -0.379. The van der Waals surface area contributed by atoms with Gasteiger partial charge in [0.2, 0.25) is 5.91 Å². The smallest absolute Gasteiger partial charge is 0.267 e. The number of ether oxygens (including phenoxy) is 2. The van der Waals surface area contributed by atoms with Gasteiger partial charge in [-0.2, -0.15) is 0 Å². The third kappa shape index (κ3) is 4.22. The molecule has 1 unspecified atom stereocenters. The van der Waals surface area contributed by atoms with Gasteiger partial charge in [-0.3, -0.25) is 4.79 Å². The zero-order valence-electron chi connectivity index (χ0n) is 17.8. The van der Waals surface area contributed by atoms with E-state index < -0.39 is 10.0 Å². The van der Waals surface area contributed by atoms with Gasteiger partial charge in [0.05, 0.1) is 30.6 Å². The topological polar surface area (TPSA) is 77.8 Å². The molecule has 4 rings (SSSR count). The van der Waals surface area contributed by atoms with Crippen molar-refractivity contribution in [1.82, 2.24) is 8.87 Å². The van der Waals surface area contributed by atoms with Crippen molar-refractivity contribution in [2.45, 2.75) is 16.7 Å². The number of amides is 1. The van der Waals surface area contributed by atoms with Crippen molar-refractivity contribution < 1.29 is 22.7 Å². The molecule has 32 heavy (non-hydrogen) atoms. The summed E-state index contributed by atoms with van der Waals surface area (Å²) >= 11 is 1.44. The van der Waals surface area contributed by atoms with Crippen molar-refractivity contribution in [3.05, 3.63) is 78.1 Å². The van der Waals surface area contributed by atoms with Crippen LogP contribution in [0.25, 0.3) is 0 Å². The molecule has 0 bridgehead atoms. The zero-order chi connectivity index (χ0) is 22.7. The lowest BCUT2D eigenvalue weighted by atomic mass is 10.1. The molecule has 0 saturated carbocycles. The summed E-state index contributed by atoms with van der Waals surface area (Å²) in [6.07, 6.45) is 2.14. The molecular formula is C23H24N2O5S2. The van der Waals surface area contributed by atoms with Crippen LogP contribution in [0.1, 0.15) is 16.6 Å². The molecular weight excluding hydrogens is 448 g/mol. The first-order valence-corrected chi connectivity index (χ1v) is 12.5. The van der Waals surface area contributed by atoms with E-state index in [0.29, 0.717) is 35.9 Å². The van der Waals surface area contributed by atoms with Gasteiger partial charge in [0.1, 0.15) is 5.37 Å². The first-order valence-electron chi connectivity index (χ1n) is 10.1. The van der Waals surface area contributed by atoms with Crippen LogP contribution in [0.3, 0.4) is 0 Å². The predicted octanol–water partition coefficient (Wildman–Crippen LogP) is 3.56. The first kappa shape index (κ1) is 22.3. The number of aromatic nitrogens is 1. The van der Waals surface area contributed by atoms with Crippen molar-refractivity contribution in [1.29, 1.82) is 0 Å². The number of thioether (sulfide) groups is 1. The summed E-state index contributed by atoms with van der Waals surface area (Å²) in [6.45, 7) is 0.461. The summed E-state index contributed by atoms with van der Waals surface area (Å²) < 4.78 is 38.3. The molecule has 1 saturated heterocycles. The average Bonchev–Trinajstić information content (AvgIpc) is 3.45. The van der Waals surface area contributed by atoms with Crippen LogP contribution >= 0.6 is 11.8 Å². The third-order valence-corrected chi connectivity index (χ3v) is 8.30. The predicted molar refractivity (Wildman–Crippen MR) is 124 cm³/mol. The maximum atomic E-state index is 13.2. The number of carbonyl (C=O) groups is 1. The van der Waals surface area contributed by atoms with E-state index >= 15 is 0 Å². The summed E-state index contributed by atoms with van der Waals surface area (Å²) in [5.41, 5.74) is 1.57. The fourth-order valence-electron chi connectivity index (χ4n) is 3.72. The minimum Gasteiger partial charge on any atom is -0.493 e. The van der Waals surface area contributed by atoms with Crippen LogP contribution in [0.5, 0.6) is 11.5 Å². The molecule has 1 fully saturated rings. The molecule has 3 aromatic rings. The largest absolute Gasteiger partial charge is 0.493 e. The number of nitrogens with zero attached hydrogens (tertiary/aromatic N) is 2. The molecule has 0 aliphatic carbocycles. The van der Waals surface area contributed by atoms with Gasteiger partial charge in [-0.25, -0.2) is 12.4 Å². The van der Waals surface area contributed by atoms with Crippen molar-refractivity contribution in [2.24, 2.45) is 0 Å². The van der Waals surface area contributed by atoms with Crippen LogP contribution in [0.2, 0.25) is 0 Å². The highest BCUT2D eigenvalue weighted by Crippen LogP contribution is 2.40. The van der Waals surface area contributed by atoms with E-state index in [4.69, 9.17) is 9.47 Å². The molecule has 168 valence electrons. The maximum Gasteiger partial charge on any atom is 0.267 e. The van der Waals surface area contributed by atoms with E-state index in [1.54, 1.807) is 61.6 Å². The molecule has 1 aliphatic heterocycles. The number of benzene rings is 2. The highest BCUT2D eigenvalue weighted by molar-refractivity contribution is 8.00. The van der Waals surface area contributed by atoms with Crippen LogP contribution in [-0.4, -0.2) is 49.7 Å². The Balaban J connectivity index is 1.58. The Hall–Kier alpha value is -2.91. The molecule has 0 N–H and O–H groups in total. The second-order valence-electron chi connectivity index (χ2n) is 7.24. The highest BCUT2D eigenvalue weighted by atomic mass is 32.2. The lowest BCUT2D eigenvalue weighted by Crippen LogP contribution is -2.32. The van der Waals surface area contributed by atoms with Gasteiger partial charge < -0.3 is 14.4 Å². The standard InChI is InChI=1S/C23H24N2O5S2/c1-29-20-11-10-17(15-21(20)30-2)12-14-24-22(26)16-31-23(24)19-9-6-13-25(19)32(27,28)18-7-4-3-5-8-18/h3-11,13,15,23H,12,14,16H2,1-2H3. The van der Waals surface area contributed by atoms with E-state index in [9.17, 15) is 13.2 Å². The van der Waals surface area contributed by atoms with Crippen LogP contribution in [0, 0.1) is 0 Å². The van der Waals surface area contributed by atoms with Gasteiger partial charge in [0.15, 0.2) is 11.5 Å². The Bertz CT molecular complexity index is 1210. The van der Waals surface area contributed by atoms with Crippen LogP contribution in [-0.2, 0) is 21.2 Å². The number of methoxy groups -OCH3 is 2. The minimum atomic E-state index is -3.75. The molecule has 2 heterocycles. The van der Waals surface area contributed by atoms with Gasteiger partial charge in [-0.05, 0) is 48.4 Å². The molecule has 7 nitrogen and oxygen atoms in total. The fourth-order valence-corrected chi connectivity index (χ4v) is 6.42. The van der Waals surface area contributed by atoms with Gasteiger partial charge in [0.25, 0.3) is 10.0 Å². The third-order valence-electron chi connectivity index (χ3n) is 5.35. The summed E-state index contributed by atoms with van der Waals surface area (Å²) in [4.78, 5) is 14.6. The van der Waals surface area contributed by atoms with Crippen molar-refractivity contribution in [3.63, 3.8) is 0 Å². The van der Waals surface area contributed by atoms with Gasteiger partial charge in [0, 0.05) is 12.7 Å². The van der Waals surface area contributed by atoms with Crippen LogP contribution in [0.4, 0.5) is 0 Å². The van der Waals surface area contributed by atoms with Gasteiger partial charge >= 0.3 is 0 Å². The van der Waals surface area contributed by atoms with Crippen LogP contribution < -0.4 is 9.47 Å². The maximum absolute atomic E-state index is 13.2. The molecule has 2 aromatic carbocycles. The van der Waals surface area contributed by atoms with E-state index in [1.807, 2.05) is 18.2 Å². The lowest BCUT2D eigenvalue weighted by molar-refractivity contribution is -0.128. The Morgan fingerprint density at radius 2 is 1.75 bits per heavy atom. The number of hydrogen-bond donors (Lipinski definition) is 0. The number of rotatable bonds is 8. The minimum absolute atomic E-state index is 0.00895. The quantitative estimate of drug-likeness (QED) is 0.499. The molecule has 1 aliphatic rings. The van der Waals surface area contributed by atoms with Crippen molar-refractivity contribution in [3.8, 4) is 11.5 Å². The van der Waals surface area contributed by atoms with Gasteiger partial charge in [-0.15, -0.1) is 11.8 Å². The zero-order valence-corrected chi connectivity index (χ0v) is 19.4. The number of carbonyl (C=O) groups excluding carboxylic acids is 1. The molecule has 9 heteroatoms. The second-order valence-corrected chi connectivity index (χ2v) is 10.1. The Morgan fingerprint density at radius 1 is 1.00 bits per heavy atom. The molecule has 1 atom stereocenters. The van der Waals surface area contributed by atoms with Gasteiger partial charge in [-0.1, -0.05) is 24.3 Å². The van der Waals surface area contributed by atoms with Crippen LogP contribution in [0.15, 0.2) is 71.8 Å². The Labute approximate surface area is 192 Å². The number of hydrogen-bond acceptors (Lipinski definition) is 6. The molecule has 0 radical (unpaired) electrons. The van der Waals surface area contributed by atoms with E-state index in [2.05, 4.69) is 0 Å². The fraction of sp³-hybridized carbons (Fsp3) is 0.261. The SMILES string of the molecule is COc1ccc(CCN2C(=O)CSC2c2cccn2S(=O)(=O)c2ccccc2)cc1OC. The lowest BCUT2D eigenvalue weighted by Gasteiger charge is -2.25. The summed E-state index contributed by atoms with van der Waals surface area (Å²) in [5.74, 6) is 1.58. The summed E-state index contributed by atoms with van der Waals surface area (Å²) in [7, 11) is -0.586. The first-order chi connectivity index (χ1) is 15.5. The van der Waals surface area contributed by atoms with Crippen molar-refractivity contribution in [2.75, 3.05) is 26.5 Å². The van der Waals surface area contributed by atoms with E-state index in [0.717, 1.165) is 5.56 Å². The molecule has 1 amide bonds. The molecule has 0 spiro atoms. The summed E-state index contributed by atoms with van der Waals surface area (Å²) in [6, 6.07) is 17.4. The normalized spacial score (nSPS) is 16.4.